The lowest BCUT2D eigenvalue weighted by molar-refractivity contribution is 0.0699. The second-order valence-corrected chi connectivity index (χ2v) is 10.6. The molecule has 5 rings (SSSR count). The molecule has 0 radical (unpaired) electrons. The van der Waals surface area contributed by atoms with E-state index in [9.17, 15) is 15.0 Å². The molecule has 0 aliphatic carbocycles. The summed E-state index contributed by atoms with van der Waals surface area (Å²) in [6.07, 6.45) is 6.06. The number of aliphatic hydroxyl groups is 2. The van der Waals surface area contributed by atoms with Crippen LogP contribution in [0.15, 0.2) is 66.0 Å². The lowest BCUT2D eigenvalue weighted by Crippen LogP contribution is -2.42. The van der Waals surface area contributed by atoms with Crippen LogP contribution >= 0.6 is 11.8 Å². The molecule has 212 valence electrons. The van der Waals surface area contributed by atoms with Gasteiger partial charge in [0.1, 0.15) is 17.5 Å². The summed E-state index contributed by atoms with van der Waals surface area (Å²) in [6.45, 7) is 5.36. The number of thioether (sulfide) groups is 1. The molecule has 10 nitrogen and oxygen atoms in total. The summed E-state index contributed by atoms with van der Waals surface area (Å²) in [5.41, 5.74) is 6.52. The summed E-state index contributed by atoms with van der Waals surface area (Å²) in [5.74, 6) is -0.0784. The Morgan fingerprint density at radius 1 is 1.12 bits per heavy atom. The van der Waals surface area contributed by atoms with Gasteiger partial charge in [0, 0.05) is 34.8 Å². The van der Waals surface area contributed by atoms with E-state index in [1.165, 1.54) is 6.20 Å². The Hall–Kier alpha value is -4.03. The molecule has 0 aliphatic heterocycles. The number of carbonyl (C=O) groups excluding carboxylic acids is 1. The number of hydrogen-bond donors (Lipinski definition) is 6. The molecule has 3 heterocycles. The monoisotopic (exact) mass is 571 g/mol. The van der Waals surface area contributed by atoms with E-state index in [0.717, 1.165) is 51.1 Å². The number of benzene rings is 2. The summed E-state index contributed by atoms with van der Waals surface area (Å²) in [5, 5.41) is 35.1. The van der Waals surface area contributed by atoms with Crippen LogP contribution in [0.3, 0.4) is 0 Å². The number of carbonyl (C=O) groups is 1. The quantitative estimate of drug-likeness (QED) is 0.130. The van der Waals surface area contributed by atoms with Crippen LogP contribution in [-0.2, 0) is 6.54 Å². The lowest BCUT2D eigenvalue weighted by atomic mass is 9.98. The molecule has 2 aromatic carbocycles. The molecular formula is C30H33N7O3S. The fourth-order valence-corrected chi connectivity index (χ4v) is 5.13. The van der Waals surface area contributed by atoms with Gasteiger partial charge in [-0.2, -0.15) is 5.10 Å². The van der Waals surface area contributed by atoms with E-state index >= 15 is 0 Å². The topological polar surface area (TPSA) is 152 Å². The van der Waals surface area contributed by atoms with Gasteiger partial charge in [-0.25, -0.2) is 4.98 Å². The molecule has 11 heteroatoms. The summed E-state index contributed by atoms with van der Waals surface area (Å²) < 4.78 is 0. The maximum Gasteiger partial charge on any atom is 0.269 e. The number of nitrogens with zero attached hydrogens (tertiary/aromatic N) is 3. The number of fused-ring (bicyclic) bond motifs is 1. The zero-order chi connectivity index (χ0) is 28.9. The van der Waals surface area contributed by atoms with Crippen molar-refractivity contribution in [3.8, 4) is 22.6 Å². The Balaban J connectivity index is 1.37. The highest BCUT2D eigenvalue weighted by Crippen LogP contribution is 2.31. The minimum atomic E-state index is -1.08. The molecule has 0 saturated heterocycles. The van der Waals surface area contributed by atoms with E-state index < -0.39 is 24.7 Å². The molecule has 3 aromatic heterocycles. The van der Waals surface area contributed by atoms with Gasteiger partial charge < -0.3 is 25.8 Å². The Bertz CT molecular complexity index is 1650. The van der Waals surface area contributed by atoms with Gasteiger partial charge in [0.15, 0.2) is 5.82 Å². The molecule has 0 fully saturated rings. The van der Waals surface area contributed by atoms with E-state index in [0.29, 0.717) is 17.1 Å². The number of pyridine rings is 1. The predicted octanol–water partition coefficient (Wildman–Crippen LogP) is 3.98. The van der Waals surface area contributed by atoms with Gasteiger partial charge >= 0.3 is 0 Å². The van der Waals surface area contributed by atoms with Crippen LogP contribution in [0.1, 0.15) is 40.2 Å². The molecule has 5 aromatic rings. The van der Waals surface area contributed by atoms with Gasteiger partial charge in [-0.05, 0) is 66.2 Å². The van der Waals surface area contributed by atoms with Crippen molar-refractivity contribution >= 4 is 28.6 Å². The van der Waals surface area contributed by atoms with E-state index in [1.54, 1.807) is 23.9 Å². The van der Waals surface area contributed by atoms with Gasteiger partial charge in [0.25, 0.3) is 5.91 Å². The fraction of sp³-hybridized carbons (Fsp3) is 0.267. The molecular weight excluding hydrogens is 538 g/mol. The highest BCUT2D eigenvalue weighted by atomic mass is 32.2. The Morgan fingerprint density at radius 2 is 1.93 bits per heavy atom. The Labute approximate surface area is 242 Å². The summed E-state index contributed by atoms with van der Waals surface area (Å²) in [6, 6.07) is 12.5. The normalized spacial score (nSPS) is 12.9. The van der Waals surface area contributed by atoms with Crippen molar-refractivity contribution in [2.75, 3.05) is 19.4 Å². The van der Waals surface area contributed by atoms with Crippen molar-refractivity contribution in [1.82, 2.24) is 35.8 Å². The number of H-pyrrole nitrogens is 2. The van der Waals surface area contributed by atoms with Crippen LogP contribution in [0.4, 0.5) is 0 Å². The number of aromatic amines is 2. The first-order valence-electron chi connectivity index (χ1n) is 13.3. The van der Waals surface area contributed by atoms with Crippen LogP contribution in [0.25, 0.3) is 33.5 Å². The first kappa shape index (κ1) is 28.5. The van der Waals surface area contributed by atoms with E-state index in [4.69, 9.17) is 0 Å². The van der Waals surface area contributed by atoms with Crippen molar-refractivity contribution in [1.29, 1.82) is 0 Å². The molecule has 6 N–H and O–H groups in total. The third-order valence-corrected chi connectivity index (χ3v) is 7.90. The third kappa shape index (κ3) is 6.03. The largest absolute Gasteiger partial charge is 0.394 e. The first-order valence-corrected chi connectivity index (χ1v) is 14.6. The van der Waals surface area contributed by atoms with Crippen LogP contribution in [0, 0.1) is 6.92 Å². The highest BCUT2D eigenvalue weighted by Gasteiger charge is 2.24. The minimum Gasteiger partial charge on any atom is -0.394 e. The van der Waals surface area contributed by atoms with Crippen LogP contribution in [0.5, 0.6) is 0 Å². The standard InChI is InChI=1S/C30H33N7O3S/c1-4-31-12-20-13-32-14-23(17(20)2)19-7-10-24-22(11-19)27(37-36-24)29-33-15-25(34-29)30(40)35-26(16-38)28(39)18-5-8-21(41-3)9-6-18/h5-11,13-15,26,28,31,38-39H,4,12,16H2,1-3H3,(H,33,34)(H,35,40)(H,36,37)/t26-,28+/m0/s1. The van der Waals surface area contributed by atoms with Crippen LogP contribution < -0.4 is 10.6 Å². The average molecular weight is 572 g/mol. The van der Waals surface area contributed by atoms with Gasteiger partial charge in [0.2, 0.25) is 0 Å². The lowest BCUT2D eigenvalue weighted by Gasteiger charge is -2.22. The Kier molecular flexibility index (Phi) is 8.79. The number of nitrogens with one attached hydrogen (secondary N) is 4. The van der Waals surface area contributed by atoms with Gasteiger partial charge in [-0.1, -0.05) is 25.1 Å². The number of aliphatic hydroxyl groups excluding tert-OH is 2. The molecule has 0 aliphatic rings. The fourth-order valence-electron chi connectivity index (χ4n) is 4.72. The predicted molar refractivity (Wildman–Crippen MR) is 161 cm³/mol. The molecule has 0 saturated carbocycles. The smallest absolute Gasteiger partial charge is 0.269 e. The van der Waals surface area contributed by atoms with E-state index in [1.807, 2.05) is 49.0 Å². The van der Waals surface area contributed by atoms with E-state index in [2.05, 4.69) is 49.6 Å². The maximum absolute atomic E-state index is 13.0. The van der Waals surface area contributed by atoms with E-state index in [-0.39, 0.29) is 5.69 Å². The highest BCUT2D eigenvalue weighted by molar-refractivity contribution is 7.98. The van der Waals surface area contributed by atoms with Crippen LogP contribution in [0.2, 0.25) is 0 Å². The number of imidazole rings is 1. The van der Waals surface area contributed by atoms with Crippen molar-refractivity contribution in [2.24, 2.45) is 0 Å². The minimum absolute atomic E-state index is 0.187. The molecule has 2 atom stereocenters. The zero-order valence-corrected chi connectivity index (χ0v) is 23.9. The summed E-state index contributed by atoms with van der Waals surface area (Å²) >= 11 is 1.59. The first-order chi connectivity index (χ1) is 19.9. The van der Waals surface area contributed by atoms with Gasteiger partial charge in [-0.3, -0.25) is 14.9 Å². The number of rotatable bonds is 11. The Morgan fingerprint density at radius 3 is 2.66 bits per heavy atom. The van der Waals surface area contributed by atoms with Crippen molar-refractivity contribution in [3.63, 3.8) is 0 Å². The SMILES string of the molecule is CCNCc1cncc(-c2ccc3[nH]nc(-c4ncc(C(=O)N[C@@H](CO)[C@H](O)c5ccc(SC)cc5)[nH]4)c3c2)c1C. The number of aromatic nitrogens is 5. The maximum atomic E-state index is 13.0. The number of hydrogen-bond acceptors (Lipinski definition) is 8. The van der Waals surface area contributed by atoms with Crippen molar-refractivity contribution < 1.29 is 15.0 Å². The van der Waals surface area contributed by atoms with Crippen LogP contribution in [-0.4, -0.2) is 66.7 Å². The molecule has 0 bridgehead atoms. The zero-order valence-electron chi connectivity index (χ0n) is 23.1. The van der Waals surface area contributed by atoms with Gasteiger partial charge in [0.05, 0.1) is 24.4 Å². The summed E-state index contributed by atoms with van der Waals surface area (Å²) in [7, 11) is 0. The molecule has 0 unspecified atom stereocenters. The summed E-state index contributed by atoms with van der Waals surface area (Å²) in [4.78, 5) is 26.0. The number of amides is 1. The third-order valence-electron chi connectivity index (χ3n) is 7.16. The molecule has 0 spiro atoms. The average Bonchev–Trinajstić information content (AvgIpc) is 3.66. The molecule has 41 heavy (non-hydrogen) atoms. The van der Waals surface area contributed by atoms with Crippen molar-refractivity contribution in [3.05, 3.63) is 83.4 Å². The van der Waals surface area contributed by atoms with Crippen molar-refractivity contribution in [2.45, 2.75) is 37.4 Å². The second-order valence-electron chi connectivity index (χ2n) is 9.71. The molecule has 1 amide bonds. The van der Waals surface area contributed by atoms with Gasteiger partial charge in [-0.15, -0.1) is 11.8 Å². The second kappa shape index (κ2) is 12.6.